The van der Waals surface area contributed by atoms with Gasteiger partial charge in [0, 0.05) is 23.1 Å². The fourth-order valence-corrected chi connectivity index (χ4v) is 3.11. The molecule has 2 aromatic rings. The molecule has 0 aliphatic heterocycles. The maximum absolute atomic E-state index is 14.0. The number of aryl methyl sites for hydroxylation is 1. The highest BCUT2D eigenvalue weighted by Gasteiger charge is 2.60. The average molecular weight is 322 g/mol. The monoisotopic (exact) mass is 322 g/mol. The molecule has 1 amide bonds. The zero-order valence-electron chi connectivity index (χ0n) is 13.0. The van der Waals surface area contributed by atoms with E-state index in [-0.39, 0.29) is 19.4 Å². The highest BCUT2D eigenvalue weighted by atomic mass is 19.3. The minimum atomic E-state index is -3.74. The van der Waals surface area contributed by atoms with Crippen molar-refractivity contribution in [2.24, 2.45) is 0 Å². The molecule has 1 aromatic heterocycles. The van der Waals surface area contributed by atoms with Crippen molar-refractivity contribution < 1.29 is 18.7 Å². The molecule has 1 heterocycles. The molecule has 0 spiro atoms. The topological polar surface area (TPSA) is 65.1 Å². The lowest BCUT2D eigenvalue weighted by atomic mass is 9.75. The molecular weight excluding hydrogens is 302 g/mol. The molecule has 3 N–H and O–H groups in total. The van der Waals surface area contributed by atoms with Crippen LogP contribution >= 0.6 is 0 Å². The van der Waals surface area contributed by atoms with E-state index in [1.807, 2.05) is 31.2 Å². The van der Waals surface area contributed by atoms with Crippen LogP contribution in [0.4, 0.5) is 8.78 Å². The summed E-state index contributed by atoms with van der Waals surface area (Å²) in [6, 6.07) is 7.74. The number of nitrogens with one attached hydrogen (secondary N) is 2. The van der Waals surface area contributed by atoms with E-state index in [0.29, 0.717) is 12.8 Å². The molecule has 1 aromatic carbocycles. The first-order valence-corrected chi connectivity index (χ1v) is 7.80. The van der Waals surface area contributed by atoms with Crippen LogP contribution in [-0.4, -0.2) is 34.1 Å². The van der Waals surface area contributed by atoms with Gasteiger partial charge in [0.15, 0.2) is 0 Å². The molecule has 0 atom stereocenters. The fourth-order valence-electron chi connectivity index (χ4n) is 3.11. The highest BCUT2D eigenvalue weighted by Crippen LogP contribution is 2.44. The largest absolute Gasteiger partial charge is 0.383 e. The molecule has 0 saturated heterocycles. The second kappa shape index (κ2) is 5.60. The minimum Gasteiger partial charge on any atom is -0.383 e. The molecule has 1 saturated carbocycles. The number of aromatic nitrogens is 1. The third-order valence-corrected chi connectivity index (χ3v) is 4.74. The number of aliphatic hydroxyl groups is 1. The van der Waals surface area contributed by atoms with Crippen LogP contribution in [0.3, 0.4) is 0 Å². The second-order valence-electron chi connectivity index (χ2n) is 6.24. The maximum atomic E-state index is 14.0. The van der Waals surface area contributed by atoms with Crippen molar-refractivity contribution in [2.75, 3.05) is 6.54 Å². The van der Waals surface area contributed by atoms with E-state index in [1.54, 1.807) is 0 Å². The van der Waals surface area contributed by atoms with Gasteiger partial charge in [-0.3, -0.25) is 4.79 Å². The third kappa shape index (κ3) is 2.61. The Morgan fingerprint density at radius 3 is 2.74 bits per heavy atom. The lowest BCUT2D eigenvalue weighted by molar-refractivity contribution is -0.215. The van der Waals surface area contributed by atoms with Gasteiger partial charge in [0.05, 0.1) is 0 Å². The van der Waals surface area contributed by atoms with Crippen LogP contribution in [0.25, 0.3) is 10.9 Å². The second-order valence-corrected chi connectivity index (χ2v) is 6.24. The number of rotatable bonds is 5. The first-order chi connectivity index (χ1) is 10.8. The molecule has 0 unspecified atom stereocenters. The Morgan fingerprint density at radius 1 is 1.39 bits per heavy atom. The van der Waals surface area contributed by atoms with E-state index in [0.717, 1.165) is 22.2 Å². The summed E-state index contributed by atoms with van der Waals surface area (Å²) in [5, 5.41) is 13.1. The summed E-state index contributed by atoms with van der Waals surface area (Å²) in [5.74, 6) is -5.13. The van der Waals surface area contributed by atoms with Gasteiger partial charge in [-0.2, -0.15) is 8.78 Å². The number of carbonyl (C=O) groups is 1. The van der Waals surface area contributed by atoms with Crippen LogP contribution in [-0.2, 0) is 11.2 Å². The number of carbonyl (C=O) groups excluding carboxylic acids is 1. The Hall–Kier alpha value is -1.95. The van der Waals surface area contributed by atoms with Gasteiger partial charge in [0.1, 0.15) is 5.60 Å². The molecule has 1 aliphatic carbocycles. The smallest absolute Gasteiger partial charge is 0.352 e. The van der Waals surface area contributed by atoms with Gasteiger partial charge in [-0.25, -0.2) is 0 Å². The molecule has 0 radical (unpaired) electrons. The molecular formula is C17H20F2N2O2. The summed E-state index contributed by atoms with van der Waals surface area (Å²) in [6.45, 7) is 2.02. The van der Waals surface area contributed by atoms with Crippen LogP contribution in [0.2, 0.25) is 0 Å². The first kappa shape index (κ1) is 15.9. The van der Waals surface area contributed by atoms with Crippen molar-refractivity contribution in [3.8, 4) is 0 Å². The molecule has 124 valence electrons. The van der Waals surface area contributed by atoms with Crippen molar-refractivity contribution in [3.63, 3.8) is 0 Å². The Kier molecular flexibility index (Phi) is 3.88. The van der Waals surface area contributed by atoms with Crippen molar-refractivity contribution in [1.29, 1.82) is 0 Å². The number of H-pyrrole nitrogens is 1. The minimum absolute atomic E-state index is 0.0328. The fraction of sp³-hybridized carbons (Fsp3) is 0.471. The maximum Gasteiger partial charge on any atom is 0.352 e. The van der Waals surface area contributed by atoms with E-state index < -0.39 is 17.4 Å². The van der Waals surface area contributed by atoms with Crippen LogP contribution < -0.4 is 5.32 Å². The van der Waals surface area contributed by atoms with E-state index in [9.17, 15) is 18.7 Å². The van der Waals surface area contributed by atoms with Crippen LogP contribution in [0.1, 0.15) is 30.5 Å². The van der Waals surface area contributed by atoms with Crippen molar-refractivity contribution in [3.05, 3.63) is 35.5 Å². The third-order valence-electron chi connectivity index (χ3n) is 4.74. The Morgan fingerprint density at radius 2 is 2.09 bits per heavy atom. The number of halogens is 2. The van der Waals surface area contributed by atoms with E-state index in [1.165, 1.54) is 0 Å². The van der Waals surface area contributed by atoms with Gasteiger partial charge < -0.3 is 15.4 Å². The molecule has 6 heteroatoms. The number of amides is 1. The van der Waals surface area contributed by atoms with Crippen LogP contribution in [0.15, 0.2) is 24.3 Å². The standard InChI is InChI=1S/C17H20F2N2O2/c1-11-12(13-5-2-3-6-14(13)21-11)7-10-20-15(22)17(18,19)16(23)8-4-9-16/h2-3,5-6,21,23H,4,7-10H2,1H3,(H,20,22). The number of para-hydroxylation sites is 1. The van der Waals surface area contributed by atoms with Gasteiger partial charge in [-0.15, -0.1) is 0 Å². The van der Waals surface area contributed by atoms with Crippen molar-refractivity contribution in [2.45, 2.75) is 44.1 Å². The van der Waals surface area contributed by atoms with Gasteiger partial charge in [-0.05, 0) is 44.2 Å². The summed E-state index contributed by atoms with van der Waals surface area (Å²) in [5.41, 5.74) is 0.783. The van der Waals surface area contributed by atoms with Crippen molar-refractivity contribution >= 4 is 16.8 Å². The van der Waals surface area contributed by atoms with Crippen molar-refractivity contribution in [1.82, 2.24) is 10.3 Å². The summed E-state index contributed by atoms with van der Waals surface area (Å²) in [7, 11) is 0. The predicted octanol–water partition coefficient (Wildman–Crippen LogP) is 2.69. The zero-order valence-corrected chi connectivity index (χ0v) is 13.0. The number of aromatic amines is 1. The molecule has 4 nitrogen and oxygen atoms in total. The number of hydrogen-bond donors (Lipinski definition) is 3. The van der Waals surface area contributed by atoms with Gasteiger partial charge in [-0.1, -0.05) is 18.2 Å². The van der Waals surface area contributed by atoms with E-state index in [4.69, 9.17) is 0 Å². The lowest BCUT2D eigenvalue weighted by Gasteiger charge is -2.41. The Balaban J connectivity index is 1.65. The van der Waals surface area contributed by atoms with E-state index >= 15 is 0 Å². The van der Waals surface area contributed by atoms with E-state index in [2.05, 4.69) is 10.3 Å². The lowest BCUT2D eigenvalue weighted by Crippen LogP contribution is -2.60. The molecule has 1 aliphatic rings. The summed E-state index contributed by atoms with van der Waals surface area (Å²) >= 11 is 0. The molecule has 0 bridgehead atoms. The Labute approximate surface area is 132 Å². The number of benzene rings is 1. The SMILES string of the molecule is Cc1[nH]c2ccccc2c1CCNC(=O)C(F)(F)C1(O)CCC1. The molecule has 3 rings (SSSR count). The summed E-state index contributed by atoms with van der Waals surface area (Å²) < 4.78 is 28.0. The summed E-state index contributed by atoms with van der Waals surface area (Å²) in [6.07, 6.45) is 0.911. The highest BCUT2D eigenvalue weighted by molar-refractivity contribution is 5.86. The van der Waals surface area contributed by atoms with Gasteiger partial charge >= 0.3 is 5.92 Å². The average Bonchev–Trinajstić information content (AvgIpc) is 2.80. The van der Waals surface area contributed by atoms with Crippen LogP contribution in [0.5, 0.6) is 0 Å². The Bertz CT molecular complexity index is 735. The van der Waals surface area contributed by atoms with Crippen LogP contribution in [0, 0.1) is 6.92 Å². The summed E-state index contributed by atoms with van der Waals surface area (Å²) in [4.78, 5) is 15.0. The first-order valence-electron chi connectivity index (χ1n) is 7.80. The molecule has 23 heavy (non-hydrogen) atoms. The number of alkyl halides is 2. The van der Waals surface area contributed by atoms with Gasteiger partial charge in [0.25, 0.3) is 5.91 Å². The number of fused-ring (bicyclic) bond motifs is 1. The quantitative estimate of drug-likeness (QED) is 0.792. The predicted molar refractivity (Wildman–Crippen MR) is 83.5 cm³/mol. The van der Waals surface area contributed by atoms with Gasteiger partial charge in [0.2, 0.25) is 0 Å². The zero-order chi connectivity index (χ0) is 16.7. The molecule has 1 fully saturated rings. The number of hydrogen-bond acceptors (Lipinski definition) is 2. The normalized spacial score (nSPS) is 17.0.